The second-order valence-corrected chi connectivity index (χ2v) is 6.51. The quantitative estimate of drug-likeness (QED) is 0.728. The normalized spacial score (nSPS) is 15.7. The Morgan fingerprint density at radius 1 is 1.21 bits per heavy atom. The number of pyridine rings is 1. The summed E-state index contributed by atoms with van der Waals surface area (Å²) >= 11 is 0. The molecule has 0 saturated carbocycles. The monoisotopic (exact) mass is 317 g/mol. The summed E-state index contributed by atoms with van der Waals surface area (Å²) in [4.78, 5) is 21.1. The van der Waals surface area contributed by atoms with Crippen LogP contribution in [0.25, 0.3) is 11.3 Å². The van der Waals surface area contributed by atoms with Gasteiger partial charge in [0, 0.05) is 48.2 Å². The number of benzene rings is 1. The molecule has 1 aliphatic heterocycles. The van der Waals surface area contributed by atoms with E-state index in [2.05, 4.69) is 46.6 Å². The zero-order chi connectivity index (χ0) is 16.7. The van der Waals surface area contributed by atoms with Crippen molar-refractivity contribution in [3.05, 3.63) is 81.7 Å². The van der Waals surface area contributed by atoms with Crippen LogP contribution in [0.2, 0.25) is 0 Å². The van der Waals surface area contributed by atoms with Crippen LogP contribution in [0.4, 0.5) is 0 Å². The van der Waals surface area contributed by atoms with Crippen molar-refractivity contribution in [3.8, 4) is 11.3 Å². The van der Waals surface area contributed by atoms with Gasteiger partial charge in [-0.15, -0.1) is 0 Å². The maximum absolute atomic E-state index is 12.6. The standard InChI is InChI=1S/C20H19N3O/c1-13-4-5-15-9-14(2)23-12-16(10-20-21-6-3-7-22-20)19(24)11-18(23)17(15)8-13/h3-8,11-12,14H,9-10H2,1-2H3. The molecule has 4 rings (SSSR count). The molecule has 1 aromatic carbocycles. The van der Waals surface area contributed by atoms with Gasteiger partial charge in [-0.2, -0.15) is 0 Å². The minimum absolute atomic E-state index is 0.0512. The van der Waals surface area contributed by atoms with E-state index in [9.17, 15) is 4.79 Å². The maximum Gasteiger partial charge on any atom is 0.185 e. The number of aromatic nitrogens is 3. The van der Waals surface area contributed by atoms with Gasteiger partial charge in [0.05, 0.1) is 5.69 Å². The lowest BCUT2D eigenvalue weighted by atomic mass is 9.91. The van der Waals surface area contributed by atoms with Crippen molar-refractivity contribution in [2.75, 3.05) is 0 Å². The molecule has 0 fully saturated rings. The molecule has 3 aromatic rings. The highest BCUT2D eigenvalue weighted by atomic mass is 16.1. The number of hydrogen-bond donors (Lipinski definition) is 0. The van der Waals surface area contributed by atoms with Crippen molar-refractivity contribution >= 4 is 0 Å². The smallest absolute Gasteiger partial charge is 0.185 e. The van der Waals surface area contributed by atoms with Gasteiger partial charge in [0.2, 0.25) is 0 Å². The van der Waals surface area contributed by atoms with Crippen LogP contribution in [0.15, 0.2) is 53.7 Å². The van der Waals surface area contributed by atoms with Gasteiger partial charge in [0.25, 0.3) is 0 Å². The van der Waals surface area contributed by atoms with E-state index in [0.717, 1.165) is 17.7 Å². The summed E-state index contributed by atoms with van der Waals surface area (Å²) in [6, 6.07) is 10.4. The van der Waals surface area contributed by atoms with Crippen molar-refractivity contribution in [2.45, 2.75) is 32.7 Å². The molecule has 0 saturated heterocycles. The van der Waals surface area contributed by atoms with Gasteiger partial charge in [-0.05, 0) is 38.0 Å². The Labute approximate surface area is 140 Å². The summed E-state index contributed by atoms with van der Waals surface area (Å²) in [5.41, 5.74) is 5.50. The Morgan fingerprint density at radius 3 is 2.79 bits per heavy atom. The average Bonchev–Trinajstić information content (AvgIpc) is 2.58. The first-order valence-corrected chi connectivity index (χ1v) is 8.22. The Kier molecular flexibility index (Phi) is 3.53. The van der Waals surface area contributed by atoms with E-state index in [0.29, 0.717) is 18.3 Å². The van der Waals surface area contributed by atoms with Crippen LogP contribution in [-0.2, 0) is 12.8 Å². The molecule has 4 nitrogen and oxygen atoms in total. The summed E-state index contributed by atoms with van der Waals surface area (Å²) in [5.74, 6) is 0.676. The van der Waals surface area contributed by atoms with Crippen molar-refractivity contribution in [1.82, 2.24) is 14.5 Å². The zero-order valence-corrected chi connectivity index (χ0v) is 13.9. The molecule has 1 atom stereocenters. The Balaban J connectivity index is 1.83. The average molecular weight is 317 g/mol. The highest BCUT2D eigenvalue weighted by Crippen LogP contribution is 2.34. The van der Waals surface area contributed by atoms with Gasteiger partial charge >= 0.3 is 0 Å². The predicted molar refractivity (Wildman–Crippen MR) is 94.1 cm³/mol. The van der Waals surface area contributed by atoms with Gasteiger partial charge in [-0.25, -0.2) is 9.97 Å². The van der Waals surface area contributed by atoms with Crippen LogP contribution in [0.3, 0.4) is 0 Å². The Bertz CT molecular complexity index is 960. The topological polar surface area (TPSA) is 47.8 Å². The molecular weight excluding hydrogens is 298 g/mol. The second-order valence-electron chi connectivity index (χ2n) is 6.51. The summed E-state index contributed by atoms with van der Waals surface area (Å²) in [5, 5.41) is 0. The molecule has 0 bridgehead atoms. The molecule has 0 amide bonds. The molecule has 4 heteroatoms. The van der Waals surface area contributed by atoms with Crippen LogP contribution in [0.1, 0.15) is 35.5 Å². The minimum Gasteiger partial charge on any atom is -0.344 e. The van der Waals surface area contributed by atoms with Gasteiger partial charge in [-0.1, -0.05) is 17.7 Å². The van der Waals surface area contributed by atoms with Crippen molar-refractivity contribution in [1.29, 1.82) is 0 Å². The molecule has 0 spiro atoms. The fraction of sp³-hybridized carbons (Fsp3) is 0.250. The van der Waals surface area contributed by atoms with Crippen molar-refractivity contribution in [3.63, 3.8) is 0 Å². The first kappa shape index (κ1) is 14.8. The molecule has 1 unspecified atom stereocenters. The third-order valence-corrected chi connectivity index (χ3v) is 4.66. The molecule has 1 aliphatic rings. The lowest BCUT2D eigenvalue weighted by molar-refractivity contribution is 0.531. The van der Waals surface area contributed by atoms with Crippen LogP contribution in [0, 0.1) is 6.92 Å². The number of fused-ring (bicyclic) bond motifs is 3. The number of nitrogens with zero attached hydrogens (tertiary/aromatic N) is 3. The minimum atomic E-state index is 0.0512. The first-order valence-electron chi connectivity index (χ1n) is 8.22. The van der Waals surface area contributed by atoms with E-state index in [-0.39, 0.29) is 5.43 Å². The second kappa shape index (κ2) is 5.71. The molecule has 0 N–H and O–H groups in total. The molecule has 120 valence electrons. The van der Waals surface area contributed by atoms with Crippen molar-refractivity contribution < 1.29 is 0 Å². The van der Waals surface area contributed by atoms with Crippen LogP contribution < -0.4 is 5.43 Å². The van der Waals surface area contributed by atoms with Crippen LogP contribution in [-0.4, -0.2) is 14.5 Å². The highest BCUT2D eigenvalue weighted by molar-refractivity contribution is 5.67. The van der Waals surface area contributed by atoms with E-state index in [1.54, 1.807) is 24.5 Å². The zero-order valence-electron chi connectivity index (χ0n) is 13.9. The van der Waals surface area contributed by atoms with Gasteiger partial charge in [0.1, 0.15) is 5.82 Å². The SMILES string of the molecule is Cc1ccc2c(c1)-c1cc(=O)c(Cc3ncccn3)cn1C(C)C2. The van der Waals surface area contributed by atoms with E-state index in [1.807, 2.05) is 6.20 Å². The molecule has 24 heavy (non-hydrogen) atoms. The molecule has 2 aromatic heterocycles. The van der Waals surface area contributed by atoms with Crippen LogP contribution in [0.5, 0.6) is 0 Å². The summed E-state index contributed by atoms with van der Waals surface area (Å²) < 4.78 is 2.22. The fourth-order valence-electron chi connectivity index (χ4n) is 3.42. The number of hydrogen-bond acceptors (Lipinski definition) is 3. The van der Waals surface area contributed by atoms with E-state index < -0.39 is 0 Å². The third kappa shape index (κ3) is 2.54. The molecule has 0 aliphatic carbocycles. The molecule has 0 radical (unpaired) electrons. The van der Waals surface area contributed by atoms with E-state index in [4.69, 9.17) is 0 Å². The largest absolute Gasteiger partial charge is 0.344 e. The maximum atomic E-state index is 12.6. The van der Waals surface area contributed by atoms with Crippen molar-refractivity contribution in [2.24, 2.45) is 0 Å². The van der Waals surface area contributed by atoms with E-state index in [1.165, 1.54) is 16.7 Å². The Morgan fingerprint density at radius 2 is 2.00 bits per heavy atom. The summed E-state index contributed by atoms with van der Waals surface area (Å²) in [6.07, 6.45) is 6.85. The summed E-state index contributed by atoms with van der Waals surface area (Å²) in [7, 11) is 0. The molecular formula is C20H19N3O. The van der Waals surface area contributed by atoms with Crippen LogP contribution >= 0.6 is 0 Å². The Hall–Kier alpha value is -2.75. The summed E-state index contributed by atoms with van der Waals surface area (Å²) in [6.45, 7) is 4.28. The highest BCUT2D eigenvalue weighted by Gasteiger charge is 2.22. The first-order chi connectivity index (χ1) is 11.6. The van der Waals surface area contributed by atoms with Gasteiger partial charge in [-0.3, -0.25) is 4.79 Å². The fourth-order valence-corrected chi connectivity index (χ4v) is 3.42. The lowest BCUT2D eigenvalue weighted by Crippen LogP contribution is -2.22. The predicted octanol–water partition coefficient (Wildman–Crippen LogP) is 3.32. The third-order valence-electron chi connectivity index (χ3n) is 4.66. The molecule has 3 heterocycles. The van der Waals surface area contributed by atoms with Gasteiger partial charge < -0.3 is 4.57 Å². The number of rotatable bonds is 2. The number of aryl methyl sites for hydroxylation is 1. The van der Waals surface area contributed by atoms with E-state index >= 15 is 0 Å². The lowest BCUT2D eigenvalue weighted by Gasteiger charge is -2.29. The van der Waals surface area contributed by atoms with Gasteiger partial charge in [0.15, 0.2) is 5.43 Å².